The number of halogens is 1. The number of hydrogen-bond acceptors (Lipinski definition) is 4. The second-order valence-corrected chi connectivity index (χ2v) is 6.53. The highest BCUT2D eigenvalue weighted by Gasteiger charge is 2.67. The Kier molecular flexibility index (Phi) is 2.38. The topological polar surface area (TPSA) is 49.3 Å². The van der Waals surface area contributed by atoms with Crippen molar-refractivity contribution >= 4 is 29.0 Å². The monoisotopic (exact) mass is 292 g/mol. The van der Waals surface area contributed by atoms with Gasteiger partial charge in [0.1, 0.15) is 11.2 Å². The van der Waals surface area contributed by atoms with Gasteiger partial charge in [-0.3, -0.25) is 4.79 Å². The van der Waals surface area contributed by atoms with Crippen LogP contribution in [-0.4, -0.2) is 34.5 Å². The fraction of sp³-hybridized carbons (Fsp3) is 0.643. The van der Waals surface area contributed by atoms with E-state index in [0.717, 1.165) is 30.8 Å². The van der Waals surface area contributed by atoms with Gasteiger partial charge in [-0.05, 0) is 43.2 Å². The number of aromatic nitrogens is 2. The first-order valence-electron chi connectivity index (χ1n) is 7.15. The van der Waals surface area contributed by atoms with Crippen LogP contribution in [0.15, 0.2) is 6.20 Å². The summed E-state index contributed by atoms with van der Waals surface area (Å²) in [5.74, 6) is 1.39. The standard InChI is InChI=1S/C14H17ClN4O/c1-8-6-14(8)12(20)18(2)10-7-16-13(15)17-11(10)19(14)9-4-3-5-9/h7-9H,3-6H2,1-2H3/t8-,14-/m0/s1. The van der Waals surface area contributed by atoms with E-state index in [-0.39, 0.29) is 16.7 Å². The maximum Gasteiger partial charge on any atom is 0.253 e. The van der Waals surface area contributed by atoms with Crippen molar-refractivity contribution in [3.63, 3.8) is 0 Å². The lowest BCUT2D eigenvalue weighted by atomic mass is 9.88. The van der Waals surface area contributed by atoms with Gasteiger partial charge in [0.2, 0.25) is 5.28 Å². The maximum atomic E-state index is 12.8. The molecule has 0 N–H and O–H groups in total. The number of likely N-dealkylation sites (N-methyl/N-ethyl adjacent to an activating group) is 1. The lowest BCUT2D eigenvalue weighted by Crippen LogP contribution is -2.60. The molecular formula is C14H17ClN4O. The minimum atomic E-state index is -0.384. The van der Waals surface area contributed by atoms with Crippen molar-refractivity contribution in [3.05, 3.63) is 11.5 Å². The molecule has 2 heterocycles. The average molecular weight is 293 g/mol. The quantitative estimate of drug-likeness (QED) is 0.745. The van der Waals surface area contributed by atoms with E-state index >= 15 is 0 Å². The van der Waals surface area contributed by atoms with Crippen molar-refractivity contribution in [1.29, 1.82) is 0 Å². The number of carbonyl (C=O) groups is 1. The number of anilines is 2. The summed E-state index contributed by atoms with van der Waals surface area (Å²) in [6.07, 6.45) is 6.06. The number of amides is 1. The number of nitrogens with zero attached hydrogens (tertiary/aromatic N) is 4. The average Bonchev–Trinajstić information content (AvgIpc) is 3.02. The molecule has 20 heavy (non-hydrogen) atoms. The van der Waals surface area contributed by atoms with Crippen molar-refractivity contribution in [2.75, 3.05) is 16.8 Å². The van der Waals surface area contributed by atoms with Crippen LogP contribution in [-0.2, 0) is 4.79 Å². The third kappa shape index (κ3) is 1.36. The molecule has 2 aliphatic carbocycles. The maximum absolute atomic E-state index is 12.8. The summed E-state index contributed by atoms with van der Waals surface area (Å²) < 4.78 is 0. The number of hydrogen-bond donors (Lipinski definition) is 0. The van der Waals surface area contributed by atoms with E-state index in [4.69, 9.17) is 11.6 Å². The lowest BCUT2D eigenvalue weighted by molar-refractivity contribution is -0.121. The number of rotatable bonds is 1. The minimum absolute atomic E-state index is 0.176. The molecule has 0 unspecified atom stereocenters. The normalized spacial score (nSPS) is 32.4. The van der Waals surface area contributed by atoms with Crippen LogP contribution >= 0.6 is 11.6 Å². The van der Waals surface area contributed by atoms with Crippen LogP contribution < -0.4 is 9.80 Å². The molecule has 5 nitrogen and oxygen atoms in total. The molecular weight excluding hydrogens is 276 g/mol. The second-order valence-electron chi connectivity index (χ2n) is 6.20. The summed E-state index contributed by atoms with van der Waals surface area (Å²) in [6, 6.07) is 0.419. The molecule has 1 aromatic heterocycles. The Balaban J connectivity index is 1.90. The Bertz CT molecular complexity index is 603. The Morgan fingerprint density at radius 1 is 1.45 bits per heavy atom. The van der Waals surface area contributed by atoms with Crippen LogP contribution in [0.25, 0.3) is 0 Å². The van der Waals surface area contributed by atoms with E-state index in [9.17, 15) is 4.79 Å². The molecule has 0 bridgehead atoms. The van der Waals surface area contributed by atoms with Gasteiger partial charge in [0, 0.05) is 13.1 Å². The highest BCUT2D eigenvalue weighted by atomic mass is 35.5. The second kappa shape index (κ2) is 3.85. The Morgan fingerprint density at radius 2 is 2.15 bits per heavy atom. The molecule has 1 aromatic rings. The number of carbonyl (C=O) groups excluding carboxylic acids is 1. The van der Waals surface area contributed by atoms with E-state index in [1.165, 1.54) is 6.42 Å². The lowest BCUT2D eigenvalue weighted by Gasteiger charge is -2.48. The summed E-state index contributed by atoms with van der Waals surface area (Å²) in [5, 5.41) is 0.249. The molecule has 2 saturated carbocycles. The van der Waals surface area contributed by atoms with Crippen molar-refractivity contribution in [3.8, 4) is 0 Å². The minimum Gasteiger partial charge on any atom is -0.337 e. The summed E-state index contributed by atoms with van der Waals surface area (Å²) in [4.78, 5) is 25.2. The van der Waals surface area contributed by atoms with Crippen LogP contribution in [0.3, 0.4) is 0 Å². The molecule has 0 radical (unpaired) electrons. The van der Waals surface area contributed by atoms with E-state index in [1.54, 1.807) is 11.1 Å². The molecule has 0 aromatic carbocycles. The molecule has 6 heteroatoms. The van der Waals surface area contributed by atoms with Gasteiger partial charge in [-0.15, -0.1) is 0 Å². The summed E-state index contributed by atoms with van der Waals surface area (Å²) in [7, 11) is 1.81. The van der Waals surface area contributed by atoms with Gasteiger partial charge in [-0.25, -0.2) is 4.98 Å². The van der Waals surface area contributed by atoms with Crippen LogP contribution in [0.2, 0.25) is 5.28 Å². The van der Waals surface area contributed by atoms with Crippen molar-refractivity contribution in [1.82, 2.24) is 9.97 Å². The molecule has 4 rings (SSSR count). The molecule has 1 amide bonds. The van der Waals surface area contributed by atoms with Crippen molar-refractivity contribution in [2.24, 2.45) is 5.92 Å². The molecule has 1 aliphatic heterocycles. The van der Waals surface area contributed by atoms with Gasteiger partial charge in [0.15, 0.2) is 5.82 Å². The molecule has 2 fully saturated rings. The molecule has 2 atom stereocenters. The van der Waals surface area contributed by atoms with Crippen LogP contribution in [0.4, 0.5) is 11.5 Å². The third-order valence-electron chi connectivity index (χ3n) is 5.13. The smallest absolute Gasteiger partial charge is 0.253 e. The van der Waals surface area contributed by atoms with Crippen LogP contribution in [0, 0.1) is 5.92 Å². The molecule has 1 spiro atoms. The summed E-state index contributed by atoms with van der Waals surface area (Å²) in [5.41, 5.74) is 0.390. The highest BCUT2D eigenvalue weighted by molar-refractivity contribution is 6.28. The first-order valence-corrected chi connectivity index (χ1v) is 7.53. The van der Waals surface area contributed by atoms with Gasteiger partial charge in [0.25, 0.3) is 5.91 Å². The van der Waals surface area contributed by atoms with Crippen molar-refractivity contribution in [2.45, 2.75) is 44.2 Å². The van der Waals surface area contributed by atoms with Gasteiger partial charge >= 0.3 is 0 Å². The van der Waals surface area contributed by atoms with E-state index in [1.807, 2.05) is 7.05 Å². The highest BCUT2D eigenvalue weighted by Crippen LogP contribution is 2.57. The molecule has 0 saturated heterocycles. The molecule has 3 aliphatic rings. The fourth-order valence-corrected chi connectivity index (χ4v) is 3.77. The predicted molar refractivity (Wildman–Crippen MR) is 77.1 cm³/mol. The largest absolute Gasteiger partial charge is 0.337 e. The van der Waals surface area contributed by atoms with Gasteiger partial charge in [0.05, 0.1) is 6.20 Å². The van der Waals surface area contributed by atoms with Crippen LogP contribution in [0.1, 0.15) is 32.6 Å². The van der Waals surface area contributed by atoms with E-state index in [2.05, 4.69) is 21.8 Å². The third-order valence-corrected chi connectivity index (χ3v) is 5.31. The Hall–Kier alpha value is -1.36. The molecule has 106 valence electrons. The van der Waals surface area contributed by atoms with Gasteiger partial charge < -0.3 is 9.80 Å². The zero-order valence-corrected chi connectivity index (χ0v) is 12.4. The van der Waals surface area contributed by atoms with E-state index in [0.29, 0.717) is 12.0 Å². The SMILES string of the molecule is C[C@H]1C[C@@]12C(=O)N(C)c1cnc(Cl)nc1N2C1CCC1. The Morgan fingerprint density at radius 3 is 2.70 bits per heavy atom. The summed E-state index contributed by atoms with van der Waals surface area (Å²) >= 11 is 5.99. The van der Waals surface area contributed by atoms with Crippen molar-refractivity contribution < 1.29 is 4.79 Å². The van der Waals surface area contributed by atoms with E-state index < -0.39 is 0 Å². The Labute approximate surface area is 122 Å². The van der Waals surface area contributed by atoms with Gasteiger partial charge in [-0.1, -0.05) is 6.92 Å². The van der Waals surface area contributed by atoms with Crippen LogP contribution in [0.5, 0.6) is 0 Å². The number of fused-ring (bicyclic) bond motifs is 1. The predicted octanol–water partition coefficient (Wildman–Crippen LogP) is 2.24. The zero-order valence-electron chi connectivity index (χ0n) is 11.6. The first kappa shape index (κ1) is 12.4. The first-order chi connectivity index (χ1) is 9.55. The summed E-state index contributed by atoms with van der Waals surface area (Å²) in [6.45, 7) is 2.14. The zero-order chi connectivity index (χ0) is 14.1. The van der Waals surface area contributed by atoms with Gasteiger partial charge in [-0.2, -0.15) is 4.98 Å². The fourth-order valence-electron chi connectivity index (χ4n) is 3.64.